The quantitative estimate of drug-likeness (QED) is 0.497. The number of guanidine groups is 1. The molecule has 3 N–H and O–H groups in total. The van der Waals surface area contributed by atoms with E-state index in [0.29, 0.717) is 6.54 Å². The topological polar surface area (TPSA) is 65.9 Å². The third kappa shape index (κ3) is 5.88. The van der Waals surface area contributed by atoms with Crippen LogP contribution < -0.4 is 10.6 Å². The second-order valence-corrected chi connectivity index (χ2v) is 6.78. The average Bonchev–Trinajstić information content (AvgIpc) is 3.08. The van der Waals surface area contributed by atoms with Crippen molar-refractivity contribution >= 4 is 5.96 Å². The van der Waals surface area contributed by atoms with Crippen molar-refractivity contribution in [3.8, 4) is 5.75 Å². The summed E-state index contributed by atoms with van der Waals surface area (Å²) in [6, 6.07) is 4.36. The highest BCUT2D eigenvalue weighted by Gasteiger charge is 2.33. The van der Waals surface area contributed by atoms with Gasteiger partial charge >= 0.3 is 0 Å². The Balaban J connectivity index is 1.97. The van der Waals surface area contributed by atoms with Crippen LogP contribution in [0.1, 0.15) is 44.6 Å². The molecule has 0 atom stereocenters. The molecule has 0 amide bonds. The summed E-state index contributed by atoms with van der Waals surface area (Å²) in [5, 5.41) is 16.0. The molecule has 2 rings (SSSR count). The number of nitrogens with zero attached hydrogens (tertiary/aromatic N) is 1. The highest BCUT2D eigenvalue weighted by atomic mass is 19.1. The normalized spacial score (nSPS) is 16.8. The van der Waals surface area contributed by atoms with E-state index in [-0.39, 0.29) is 11.2 Å². The van der Waals surface area contributed by atoms with Crippen molar-refractivity contribution in [3.05, 3.63) is 29.6 Å². The molecule has 0 bridgehead atoms. The number of hydrogen-bond donors (Lipinski definition) is 3. The Kier molecular flexibility index (Phi) is 7.50. The molecular formula is C19H30FN3O2. The van der Waals surface area contributed by atoms with Crippen LogP contribution in [0.15, 0.2) is 23.2 Å². The van der Waals surface area contributed by atoms with Crippen molar-refractivity contribution in [2.24, 2.45) is 10.4 Å². The summed E-state index contributed by atoms with van der Waals surface area (Å²) in [5.74, 6) is -0.214. The molecular weight excluding hydrogens is 321 g/mol. The van der Waals surface area contributed by atoms with Crippen LogP contribution in [0.2, 0.25) is 0 Å². The molecule has 0 aromatic heterocycles. The monoisotopic (exact) mass is 351 g/mol. The largest absolute Gasteiger partial charge is 0.505 e. The zero-order valence-corrected chi connectivity index (χ0v) is 15.3. The molecule has 1 aromatic carbocycles. The summed E-state index contributed by atoms with van der Waals surface area (Å²) in [5.41, 5.74) is 0.999. The van der Waals surface area contributed by atoms with Crippen LogP contribution in [-0.4, -0.2) is 37.9 Å². The van der Waals surface area contributed by atoms with Crippen LogP contribution >= 0.6 is 0 Å². The molecule has 1 aliphatic rings. The Hall–Kier alpha value is -1.82. The highest BCUT2D eigenvalue weighted by Crippen LogP contribution is 2.40. The van der Waals surface area contributed by atoms with Gasteiger partial charge in [0.2, 0.25) is 0 Å². The number of methoxy groups -OCH3 is 1. The summed E-state index contributed by atoms with van der Waals surface area (Å²) in [6.07, 6.45) is 6.02. The molecule has 0 aliphatic heterocycles. The van der Waals surface area contributed by atoms with Crippen molar-refractivity contribution < 1.29 is 14.2 Å². The van der Waals surface area contributed by atoms with Crippen LogP contribution in [0.25, 0.3) is 0 Å². The molecule has 25 heavy (non-hydrogen) atoms. The van der Waals surface area contributed by atoms with Crippen LogP contribution in [-0.2, 0) is 11.3 Å². The minimum Gasteiger partial charge on any atom is -0.505 e. The lowest BCUT2D eigenvalue weighted by molar-refractivity contribution is 0.138. The lowest BCUT2D eigenvalue weighted by Crippen LogP contribution is -2.43. The van der Waals surface area contributed by atoms with E-state index < -0.39 is 5.82 Å². The fraction of sp³-hybridized carbons (Fsp3) is 0.632. The fourth-order valence-corrected chi connectivity index (χ4v) is 3.39. The standard InChI is InChI=1S/C19H30FN3O2/c1-3-21-18(22-13-15-6-7-17(24)16(20)12-15)23-14-19(10-11-25-2)8-4-5-9-19/h6-7,12,24H,3-5,8-11,13-14H2,1-2H3,(H2,21,22,23). The Labute approximate surface area is 149 Å². The highest BCUT2D eigenvalue weighted by molar-refractivity contribution is 5.79. The Morgan fingerprint density at radius 2 is 2.08 bits per heavy atom. The van der Waals surface area contributed by atoms with Gasteiger partial charge in [0.15, 0.2) is 17.5 Å². The van der Waals surface area contributed by atoms with Gasteiger partial charge in [0.25, 0.3) is 0 Å². The predicted molar refractivity (Wildman–Crippen MR) is 98.3 cm³/mol. The molecule has 1 aliphatic carbocycles. The molecule has 0 saturated heterocycles. The number of nitrogens with one attached hydrogen (secondary N) is 2. The van der Waals surface area contributed by atoms with Gasteiger partial charge in [-0.15, -0.1) is 0 Å². The number of ether oxygens (including phenoxy) is 1. The zero-order valence-electron chi connectivity index (χ0n) is 15.3. The molecule has 0 heterocycles. The molecule has 6 heteroatoms. The summed E-state index contributed by atoms with van der Waals surface area (Å²) in [4.78, 5) is 4.54. The number of hydrogen-bond acceptors (Lipinski definition) is 3. The number of phenols is 1. The van der Waals surface area contributed by atoms with E-state index in [1.807, 2.05) is 6.92 Å². The molecule has 1 saturated carbocycles. The molecule has 0 radical (unpaired) electrons. The van der Waals surface area contributed by atoms with Gasteiger partial charge in [-0.2, -0.15) is 0 Å². The maximum atomic E-state index is 13.4. The smallest absolute Gasteiger partial charge is 0.191 e. The molecule has 140 valence electrons. The summed E-state index contributed by atoms with van der Waals surface area (Å²) in [7, 11) is 1.75. The first-order valence-electron chi connectivity index (χ1n) is 9.07. The van der Waals surface area contributed by atoms with Crippen molar-refractivity contribution in [2.45, 2.75) is 45.6 Å². The maximum absolute atomic E-state index is 13.4. The van der Waals surface area contributed by atoms with Gasteiger partial charge in [0, 0.05) is 26.8 Å². The van der Waals surface area contributed by atoms with Crippen molar-refractivity contribution in [2.75, 3.05) is 26.8 Å². The lowest BCUT2D eigenvalue weighted by Gasteiger charge is -2.30. The van der Waals surface area contributed by atoms with Gasteiger partial charge in [-0.25, -0.2) is 9.38 Å². The predicted octanol–water partition coefficient (Wildman–Crippen LogP) is 3.18. The van der Waals surface area contributed by atoms with Crippen LogP contribution in [0.3, 0.4) is 0 Å². The second kappa shape index (κ2) is 9.61. The minimum absolute atomic E-state index is 0.275. The number of rotatable bonds is 8. The fourth-order valence-electron chi connectivity index (χ4n) is 3.39. The zero-order chi connectivity index (χ0) is 18.1. The number of halogens is 1. The van der Waals surface area contributed by atoms with Crippen molar-refractivity contribution in [1.29, 1.82) is 0 Å². The number of aromatic hydroxyl groups is 1. The first kappa shape index (κ1) is 19.5. The van der Waals surface area contributed by atoms with E-state index in [4.69, 9.17) is 4.74 Å². The van der Waals surface area contributed by atoms with Crippen LogP contribution in [0.5, 0.6) is 5.75 Å². The Morgan fingerprint density at radius 1 is 1.32 bits per heavy atom. The molecule has 5 nitrogen and oxygen atoms in total. The SMILES string of the molecule is CCNC(=NCc1ccc(O)c(F)c1)NCC1(CCOC)CCCC1. The minimum atomic E-state index is -0.616. The third-order valence-electron chi connectivity index (χ3n) is 4.91. The summed E-state index contributed by atoms with van der Waals surface area (Å²) >= 11 is 0. The first-order valence-corrected chi connectivity index (χ1v) is 9.07. The number of phenolic OH excluding ortho intramolecular Hbond substituents is 1. The van der Waals surface area contributed by atoms with Gasteiger partial charge in [-0.05, 0) is 49.3 Å². The lowest BCUT2D eigenvalue weighted by atomic mass is 9.83. The van der Waals surface area contributed by atoms with E-state index in [0.717, 1.165) is 37.6 Å². The summed E-state index contributed by atoms with van der Waals surface area (Å²) < 4.78 is 18.7. The van der Waals surface area contributed by atoms with Crippen LogP contribution in [0, 0.1) is 11.2 Å². The average molecular weight is 351 g/mol. The Morgan fingerprint density at radius 3 is 2.72 bits per heavy atom. The third-order valence-corrected chi connectivity index (χ3v) is 4.91. The second-order valence-electron chi connectivity index (χ2n) is 6.78. The first-order chi connectivity index (χ1) is 12.1. The van der Waals surface area contributed by atoms with E-state index >= 15 is 0 Å². The summed E-state index contributed by atoms with van der Waals surface area (Å²) in [6.45, 7) is 4.79. The van der Waals surface area contributed by atoms with E-state index in [1.54, 1.807) is 13.2 Å². The molecule has 0 spiro atoms. The van der Waals surface area contributed by atoms with Gasteiger partial charge in [-0.1, -0.05) is 18.9 Å². The van der Waals surface area contributed by atoms with Gasteiger partial charge in [-0.3, -0.25) is 0 Å². The number of aliphatic imine (C=N–C) groups is 1. The van der Waals surface area contributed by atoms with Crippen molar-refractivity contribution in [1.82, 2.24) is 10.6 Å². The van der Waals surface area contributed by atoms with Gasteiger partial charge < -0.3 is 20.5 Å². The molecule has 1 aromatic rings. The van der Waals surface area contributed by atoms with E-state index in [9.17, 15) is 9.50 Å². The Bertz CT molecular complexity index is 572. The molecule has 1 fully saturated rings. The van der Waals surface area contributed by atoms with Gasteiger partial charge in [0.05, 0.1) is 6.54 Å². The van der Waals surface area contributed by atoms with Crippen molar-refractivity contribution in [3.63, 3.8) is 0 Å². The van der Waals surface area contributed by atoms with Gasteiger partial charge in [0.1, 0.15) is 0 Å². The molecule has 0 unspecified atom stereocenters. The van der Waals surface area contributed by atoms with Crippen LogP contribution in [0.4, 0.5) is 4.39 Å². The maximum Gasteiger partial charge on any atom is 0.191 e. The van der Waals surface area contributed by atoms with E-state index in [2.05, 4.69) is 15.6 Å². The number of benzene rings is 1. The van der Waals surface area contributed by atoms with E-state index in [1.165, 1.54) is 37.8 Å².